The molecule has 0 unspecified atom stereocenters. The van der Waals surface area contributed by atoms with E-state index in [-0.39, 0.29) is 10.7 Å². The lowest BCUT2D eigenvalue weighted by Crippen LogP contribution is -2.54. The summed E-state index contributed by atoms with van der Waals surface area (Å²) in [5.74, 6) is -0.00206. The van der Waals surface area contributed by atoms with Crippen LogP contribution in [0.4, 0.5) is 5.69 Å². The first-order chi connectivity index (χ1) is 13.5. The lowest BCUT2D eigenvalue weighted by atomic mass is 10.1. The van der Waals surface area contributed by atoms with Gasteiger partial charge in [0.1, 0.15) is 5.57 Å². The molecule has 2 aromatic carbocycles. The van der Waals surface area contributed by atoms with Crippen LogP contribution in [0.15, 0.2) is 52.5 Å². The Morgan fingerprint density at radius 1 is 1.21 bits per heavy atom. The third-order valence-corrected chi connectivity index (χ3v) is 4.84. The van der Waals surface area contributed by atoms with Gasteiger partial charge in [-0.1, -0.05) is 18.2 Å². The summed E-state index contributed by atoms with van der Waals surface area (Å²) >= 11 is 8.62. The number of methoxy groups -OCH3 is 1. The van der Waals surface area contributed by atoms with Crippen LogP contribution in [0.2, 0.25) is 0 Å². The molecule has 0 aliphatic carbocycles. The summed E-state index contributed by atoms with van der Waals surface area (Å²) in [6.45, 7) is 2.30. The molecule has 0 spiro atoms. The summed E-state index contributed by atoms with van der Waals surface area (Å²) in [7, 11) is 1.54. The van der Waals surface area contributed by atoms with Gasteiger partial charge in [-0.25, -0.2) is 0 Å². The van der Waals surface area contributed by atoms with E-state index in [9.17, 15) is 9.59 Å². The highest BCUT2D eigenvalue weighted by molar-refractivity contribution is 9.10. The molecule has 1 aliphatic heterocycles. The number of carbonyl (C=O) groups is 2. The van der Waals surface area contributed by atoms with Crippen LogP contribution in [0.3, 0.4) is 0 Å². The number of ether oxygens (including phenoxy) is 2. The fourth-order valence-corrected chi connectivity index (χ4v) is 3.67. The van der Waals surface area contributed by atoms with Crippen LogP contribution < -0.4 is 19.7 Å². The van der Waals surface area contributed by atoms with Gasteiger partial charge in [0.2, 0.25) is 0 Å². The average Bonchev–Trinajstić information content (AvgIpc) is 2.66. The molecule has 3 rings (SSSR count). The minimum Gasteiger partial charge on any atom is -0.492 e. The Bertz CT molecular complexity index is 976. The minimum absolute atomic E-state index is 0.0306. The number of para-hydroxylation sites is 1. The third kappa shape index (κ3) is 3.93. The number of nitrogens with zero attached hydrogens (tertiary/aromatic N) is 1. The van der Waals surface area contributed by atoms with Crippen molar-refractivity contribution >= 4 is 56.8 Å². The molecule has 1 N–H and O–H groups in total. The summed E-state index contributed by atoms with van der Waals surface area (Å²) in [4.78, 5) is 26.7. The SMILES string of the molecule is CCOc1cc(/C=C2/C(=O)NC(=S)N(c3ccccc3)C2=O)cc(Br)c1OC. The van der Waals surface area contributed by atoms with Gasteiger partial charge < -0.3 is 9.47 Å². The summed E-state index contributed by atoms with van der Waals surface area (Å²) < 4.78 is 11.6. The standard InChI is InChI=1S/C20H17BrN2O4S/c1-3-27-16-11-12(10-15(21)17(16)26-2)9-14-18(24)22-20(28)23(19(14)25)13-7-5-4-6-8-13/h4-11H,3H2,1-2H3,(H,22,24,28)/b14-9-. The van der Waals surface area contributed by atoms with Crippen LogP contribution in [-0.2, 0) is 9.59 Å². The second-order valence-corrected chi connectivity index (χ2v) is 7.00. The first kappa shape index (κ1) is 20.0. The number of halogens is 1. The van der Waals surface area contributed by atoms with Crippen LogP contribution >= 0.6 is 28.1 Å². The maximum Gasteiger partial charge on any atom is 0.270 e. The van der Waals surface area contributed by atoms with Gasteiger partial charge in [-0.15, -0.1) is 0 Å². The molecular formula is C20H17BrN2O4S. The van der Waals surface area contributed by atoms with Crippen molar-refractivity contribution in [2.75, 3.05) is 18.6 Å². The van der Waals surface area contributed by atoms with E-state index in [2.05, 4.69) is 21.2 Å². The van der Waals surface area contributed by atoms with Crippen molar-refractivity contribution < 1.29 is 19.1 Å². The molecule has 0 bridgehead atoms. The normalized spacial score (nSPS) is 15.6. The summed E-state index contributed by atoms with van der Waals surface area (Å²) in [6.07, 6.45) is 1.50. The predicted octanol–water partition coefficient (Wildman–Crippen LogP) is 3.69. The van der Waals surface area contributed by atoms with Crippen LogP contribution in [0.1, 0.15) is 12.5 Å². The van der Waals surface area contributed by atoms with E-state index < -0.39 is 11.8 Å². The molecule has 1 aliphatic rings. The zero-order valence-electron chi connectivity index (χ0n) is 15.2. The number of nitrogens with one attached hydrogen (secondary N) is 1. The topological polar surface area (TPSA) is 67.9 Å². The quantitative estimate of drug-likeness (QED) is 0.418. The molecule has 1 heterocycles. The highest BCUT2D eigenvalue weighted by atomic mass is 79.9. The molecule has 1 fully saturated rings. The third-order valence-electron chi connectivity index (χ3n) is 3.96. The van der Waals surface area contributed by atoms with Gasteiger partial charge in [-0.2, -0.15) is 0 Å². The Balaban J connectivity index is 2.04. The molecule has 6 nitrogen and oxygen atoms in total. The number of rotatable bonds is 5. The van der Waals surface area contributed by atoms with Crippen molar-refractivity contribution in [2.24, 2.45) is 0 Å². The van der Waals surface area contributed by atoms with Crippen molar-refractivity contribution in [3.05, 3.63) is 58.1 Å². The fourth-order valence-electron chi connectivity index (χ4n) is 2.77. The van der Waals surface area contributed by atoms with Gasteiger partial charge in [0.25, 0.3) is 11.8 Å². The Morgan fingerprint density at radius 2 is 1.93 bits per heavy atom. The predicted molar refractivity (Wildman–Crippen MR) is 115 cm³/mol. The number of carbonyl (C=O) groups excluding carboxylic acids is 2. The maximum atomic E-state index is 13.0. The first-order valence-corrected chi connectivity index (χ1v) is 9.63. The zero-order chi connectivity index (χ0) is 20.3. The molecular weight excluding hydrogens is 444 g/mol. The monoisotopic (exact) mass is 460 g/mol. The van der Waals surface area contributed by atoms with Crippen molar-refractivity contribution in [1.29, 1.82) is 0 Å². The first-order valence-electron chi connectivity index (χ1n) is 8.43. The Labute approximate surface area is 176 Å². The van der Waals surface area contributed by atoms with E-state index in [0.29, 0.717) is 33.8 Å². The summed E-state index contributed by atoms with van der Waals surface area (Å²) in [6, 6.07) is 12.4. The molecule has 28 heavy (non-hydrogen) atoms. The molecule has 0 saturated carbocycles. The zero-order valence-corrected chi connectivity index (χ0v) is 17.6. The van der Waals surface area contributed by atoms with E-state index >= 15 is 0 Å². The van der Waals surface area contributed by atoms with E-state index in [1.807, 2.05) is 13.0 Å². The largest absolute Gasteiger partial charge is 0.492 e. The molecule has 8 heteroatoms. The number of thiocarbonyl (C=S) groups is 1. The molecule has 0 aromatic heterocycles. The van der Waals surface area contributed by atoms with E-state index in [4.69, 9.17) is 21.7 Å². The Hall–Kier alpha value is -2.71. The van der Waals surface area contributed by atoms with Gasteiger partial charge in [0.05, 0.1) is 23.9 Å². The number of benzene rings is 2. The van der Waals surface area contributed by atoms with Gasteiger partial charge >= 0.3 is 0 Å². The van der Waals surface area contributed by atoms with Crippen LogP contribution in [0, 0.1) is 0 Å². The van der Waals surface area contributed by atoms with Crippen LogP contribution in [0.5, 0.6) is 11.5 Å². The highest BCUT2D eigenvalue weighted by Gasteiger charge is 2.34. The van der Waals surface area contributed by atoms with Crippen molar-refractivity contribution in [3.8, 4) is 11.5 Å². The van der Waals surface area contributed by atoms with Crippen molar-refractivity contribution in [3.63, 3.8) is 0 Å². The molecule has 144 valence electrons. The van der Waals surface area contributed by atoms with Gasteiger partial charge in [-0.3, -0.25) is 19.8 Å². The smallest absolute Gasteiger partial charge is 0.270 e. The molecule has 2 aromatic rings. The van der Waals surface area contributed by atoms with Crippen molar-refractivity contribution in [2.45, 2.75) is 6.92 Å². The second kappa shape index (κ2) is 8.53. The Morgan fingerprint density at radius 3 is 2.57 bits per heavy atom. The molecule has 1 saturated heterocycles. The average molecular weight is 461 g/mol. The number of hydrogen-bond acceptors (Lipinski definition) is 5. The van der Waals surface area contributed by atoms with Crippen LogP contribution in [-0.4, -0.2) is 30.6 Å². The maximum absolute atomic E-state index is 13.0. The lowest BCUT2D eigenvalue weighted by Gasteiger charge is -2.28. The molecule has 0 radical (unpaired) electrons. The number of amides is 2. The molecule has 2 amide bonds. The van der Waals surface area contributed by atoms with Gasteiger partial charge in [0, 0.05) is 0 Å². The van der Waals surface area contributed by atoms with Crippen molar-refractivity contribution in [1.82, 2.24) is 5.32 Å². The molecule has 0 atom stereocenters. The number of anilines is 1. The van der Waals surface area contributed by atoms with Gasteiger partial charge in [0.15, 0.2) is 16.6 Å². The Kier molecular flexibility index (Phi) is 6.11. The fraction of sp³-hybridized carbons (Fsp3) is 0.150. The number of hydrogen-bond donors (Lipinski definition) is 1. The van der Waals surface area contributed by atoms with Gasteiger partial charge in [-0.05, 0) is 71.0 Å². The van der Waals surface area contributed by atoms with Crippen LogP contribution in [0.25, 0.3) is 6.08 Å². The highest BCUT2D eigenvalue weighted by Crippen LogP contribution is 2.37. The van der Waals surface area contributed by atoms with E-state index in [1.165, 1.54) is 18.1 Å². The van der Waals surface area contributed by atoms with E-state index in [0.717, 1.165) is 0 Å². The second-order valence-electron chi connectivity index (χ2n) is 5.76. The summed E-state index contributed by atoms with van der Waals surface area (Å²) in [5.41, 5.74) is 1.15. The summed E-state index contributed by atoms with van der Waals surface area (Å²) in [5, 5.41) is 2.61. The van der Waals surface area contributed by atoms with E-state index in [1.54, 1.807) is 36.4 Å². The minimum atomic E-state index is -0.549. The lowest BCUT2D eigenvalue weighted by molar-refractivity contribution is -0.122.